The molecule has 21 heavy (non-hydrogen) atoms. The van der Waals surface area contributed by atoms with Gasteiger partial charge in [-0.3, -0.25) is 0 Å². The van der Waals surface area contributed by atoms with Crippen LogP contribution in [0, 0.1) is 0 Å². The lowest BCUT2D eigenvalue weighted by Gasteiger charge is -2.37. The van der Waals surface area contributed by atoms with E-state index in [9.17, 15) is 8.42 Å². The maximum absolute atomic E-state index is 12.8. The second-order valence-electron chi connectivity index (χ2n) is 4.90. The van der Waals surface area contributed by atoms with E-state index in [4.69, 9.17) is 4.74 Å². The van der Waals surface area contributed by atoms with Crippen molar-refractivity contribution >= 4 is 38.4 Å². The van der Waals surface area contributed by atoms with E-state index in [1.54, 1.807) is 22.5 Å². The first-order valence-electron chi connectivity index (χ1n) is 6.46. The Balaban J connectivity index is 0.00000220. The number of methoxy groups -OCH3 is 1. The van der Waals surface area contributed by atoms with Crippen molar-refractivity contribution in [2.45, 2.75) is 30.8 Å². The van der Waals surface area contributed by atoms with Crippen LogP contribution in [0.25, 0.3) is 0 Å². The Bertz CT molecular complexity index is 597. The molecule has 120 valence electrons. The first-order chi connectivity index (χ1) is 9.37. The fourth-order valence-electron chi connectivity index (χ4n) is 2.30. The first kappa shape index (κ1) is 18.7. The Morgan fingerprint density at radius 2 is 2.05 bits per heavy atom. The Hall–Kier alpha value is -0.340. The standard InChI is InChI=1S/C13H19BrN2O3S.ClH/c1-9-10(2)16(7-6-15-9)20(17,18)13-8-11(19-3)4-5-12(13)14;/h4-5,8-10,15H,6-7H2,1-3H3;1H. The van der Waals surface area contributed by atoms with Gasteiger partial charge in [0, 0.05) is 35.7 Å². The summed E-state index contributed by atoms with van der Waals surface area (Å²) in [4.78, 5) is 0.248. The largest absolute Gasteiger partial charge is 0.497 e. The molecule has 2 unspecified atom stereocenters. The smallest absolute Gasteiger partial charge is 0.244 e. The number of hydrogen-bond donors (Lipinski definition) is 1. The van der Waals surface area contributed by atoms with Crippen LogP contribution in [0.15, 0.2) is 27.6 Å². The molecule has 1 aromatic carbocycles. The van der Waals surface area contributed by atoms with Crippen molar-refractivity contribution in [1.82, 2.24) is 9.62 Å². The third-order valence-corrected chi connectivity index (χ3v) is 6.68. The zero-order valence-electron chi connectivity index (χ0n) is 12.2. The van der Waals surface area contributed by atoms with Crippen molar-refractivity contribution in [3.8, 4) is 5.75 Å². The minimum atomic E-state index is -3.54. The lowest BCUT2D eigenvalue weighted by atomic mass is 10.1. The number of rotatable bonds is 3. The van der Waals surface area contributed by atoms with Gasteiger partial charge in [-0.05, 0) is 41.9 Å². The first-order valence-corrected chi connectivity index (χ1v) is 8.70. The summed E-state index contributed by atoms with van der Waals surface area (Å²) < 4.78 is 32.9. The molecule has 0 aliphatic carbocycles. The molecule has 2 atom stereocenters. The van der Waals surface area contributed by atoms with Crippen LogP contribution >= 0.6 is 28.3 Å². The van der Waals surface area contributed by atoms with E-state index in [1.165, 1.54) is 7.11 Å². The van der Waals surface area contributed by atoms with Crippen LogP contribution in [0.4, 0.5) is 0 Å². The van der Waals surface area contributed by atoms with E-state index in [0.29, 0.717) is 23.3 Å². The van der Waals surface area contributed by atoms with Crippen molar-refractivity contribution in [2.24, 2.45) is 0 Å². The van der Waals surface area contributed by atoms with Gasteiger partial charge < -0.3 is 10.1 Å². The molecule has 0 bridgehead atoms. The molecule has 0 saturated carbocycles. The maximum Gasteiger partial charge on any atom is 0.244 e. The summed E-state index contributed by atoms with van der Waals surface area (Å²) in [6, 6.07) is 5.02. The molecule has 5 nitrogen and oxygen atoms in total. The number of piperazine rings is 1. The number of hydrogen-bond acceptors (Lipinski definition) is 4. The van der Waals surface area contributed by atoms with Crippen LogP contribution in [0.5, 0.6) is 5.75 Å². The van der Waals surface area contributed by atoms with Crippen LogP contribution in [0.3, 0.4) is 0 Å². The Labute approximate surface area is 140 Å². The SMILES string of the molecule is COc1ccc(Br)c(S(=O)(=O)N2CCNC(C)C2C)c1.Cl. The van der Waals surface area contributed by atoms with E-state index in [0.717, 1.165) is 0 Å². The zero-order chi connectivity index (χ0) is 14.9. The van der Waals surface area contributed by atoms with Gasteiger partial charge in [0.1, 0.15) is 10.6 Å². The van der Waals surface area contributed by atoms with Gasteiger partial charge in [0.15, 0.2) is 0 Å². The monoisotopic (exact) mass is 398 g/mol. The molecule has 1 aromatic rings. The highest BCUT2D eigenvalue weighted by atomic mass is 79.9. The van der Waals surface area contributed by atoms with Gasteiger partial charge in [-0.2, -0.15) is 4.31 Å². The quantitative estimate of drug-likeness (QED) is 0.847. The van der Waals surface area contributed by atoms with E-state index in [2.05, 4.69) is 21.2 Å². The third kappa shape index (κ3) is 3.71. The summed E-state index contributed by atoms with van der Waals surface area (Å²) in [5.41, 5.74) is 0. The van der Waals surface area contributed by atoms with Crippen molar-refractivity contribution in [2.75, 3.05) is 20.2 Å². The lowest BCUT2D eigenvalue weighted by Crippen LogP contribution is -2.57. The summed E-state index contributed by atoms with van der Waals surface area (Å²) in [6.45, 7) is 5.04. The highest BCUT2D eigenvalue weighted by Crippen LogP contribution is 2.30. The molecular formula is C13H20BrClN2O3S. The number of nitrogens with zero attached hydrogens (tertiary/aromatic N) is 1. The molecule has 1 aliphatic heterocycles. The molecule has 0 amide bonds. The summed E-state index contributed by atoms with van der Waals surface area (Å²) in [6.07, 6.45) is 0. The lowest BCUT2D eigenvalue weighted by molar-refractivity contribution is 0.232. The van der Waals surface area contributed by atoms with Crippen molar-refractivity contribution in [3.05, 3.63) is 22.7 Å². The van der Waals surface area contributed by atoms with Gasteiger partial charge in [0.25, 0.3) is 0 Å². The van der Waals surface area contributed by atoms with E-state index in [1.807, 2.05) is 13.8 Å². The van der Waals surface area contributed by atoms with Gasteiger partial charge >= 0.3 is 0 Å². The number of benzene rings is 1. The second kappa shape index (κ2) is 7.28. The van der Waals surface area contributed by atoms with E-state index < -0.39 is 10.0 Å². The van der Waals surface area contributed by atoms with Crippen LogP contribution in [-0.4, -0.2) is 45.0 Å². The van der Waals surface area contributed by atoms with Gasteiger partial charge in [0.2, 0.25) is 10.0 Å². The average molecular weight is 400 g/mol. The van der Waals surface area contributed by atoms with Crippen molar-refractivity contribution in [3.63, 3.8) is 0 Å². The molecule has 1 N–H and O–H groups in total. The maximum atomic E-state index is 12.8. The average Bonchev–Trinajstić information content (AvgIpc) is 2.42. The summed E-state index contributed by atoms with van der Waals surface area (Å²) in [5.74, 6) is 0.530. The Morgan fingerprint density at radius 1 is 1.38 bits per heavy atom. The highest BCUT2D eigenvalue weighted by molar-refractivity contribution is 9.10. The molecule has 8 heteroatoms. The topological polar surface area (TPSA) is 58.6 Å². The highest BCUT2D eigenvalue weighted by Gasteiger charge is 2.35. The minimum Gasteiger partial charge on any atom is -0.497 e. The molecular weight excluding hydrogens is 380 g/mol. The molecule has 2 rings (SSSR count). The van der Waals surface area contributed by atoms with E-state index in [-0.39, 0.29) is 29.4 Å². The molecule has 1 heterocycles. The van der Waals surface area contributed by atoms with Crippen LogP contribution in [0.1, 0.15) is 13.8 Å². The predicted molar refractivity (Wildman–Crippen MR) is 88.8 cm³/mol. The van der Waals surface area contributed by atoms with Crippen molar-refractivity contribution < 1.29 is 13.2 Å². The summed E-state index contributed by atoms with van der Waals surface area (Å²) >= 11 is 3.32. The molecule has 0 aromatic heterocycles. The molecule has 1 fully saturated rings. The van der Waals surface area contributed by atoms with Gasteiger partial charge in [-0.25, -0.2) is 8.42 Å². The molecule has 1 aliphatic rings. The molecule has 0 radical (unpaired) electrons. The normalized spacial score (nSPS) is 23.4. The van der Waals surface area contributed by atoms with Gasteiger partial charge in [-0.1, -0.05) is 0 Å². The fourth-order valence-corrected chi connectivity index (χ4v) is 4.94. The van der Waals surface area contributed by atoms with E-state index >= 15 is 0 Å². The van der Waals surface area contributed by atoms with Crippen LogP contribution in [-0.2, 0) is 10.0 Å². The van der Waals surface area contributed by atoms with Crippen LogP contribution in [0.2, 0.25) is 0 Å². The predicted octanol–water partition coefficient (Wildman–Crippen LogP) is 2.25. The zero-order valence-corrected chi connectivity index (χ0v) is 15.4. The fraction of sp³-hybridized carbons (Fsp3) is 0.538. The molecule has 0 spiro atoms. The number of ether oxygens (including phenoxy) is 1. The van der Waals surface area contributed by atoms with Gasteiger partial charge in [0.05, 0.1) is 7.11 Å². The summed E-state index contributed by atoms with van der Waals surface area (Å²) in [7, 11) is -2.02. The minimum absolute atomic E-state index is 0. The summed E-state index contributed by atoms with van der Waals surface area (Å²) in [5, 5.41) is 3.28. The number of sulfonamides is 1. The third-order valence-electron chi connectivity index (χ3n) is 3.70. The number of nitrogens with one attached hydrogen (secondary N) is 1. The second-order valence-corrected chi connectivity index (χ2v) is 7.61. The van der Waals surface area contributed by atoms with Crippen LogP contribution < -0.4 is 10.1 Å². The van der Waals surface area contributed by atoms with Crippen molar-refractivity contribution in [1.29, 1.82) is 0 Å². The van der Waals surface area contributed by atoms with Gasteiger partial charge in [-0.15, -0.1) is 12.4 Å². The number of halogens is 2. The molecule has 1 saturated heterocycles. The Morgan fingerprint density at radius 3 is 2.67 bits per heavy atom. The Kier molecular flexibility index (Phi) is 6.49.